The number of hydrogen-bond acceptors (Lipinski definition) is 5. The fraction of sp³-hybridized carbons (Fsp3) is 0.632. The van der Waals surface area contributed by atoms with Gasteiger partial charge in [-0.15, -0.1) is 0 Å². The van der Waals surface area contributed by atoms with E-state index in [1.54, 1.807) is 12.0 Å². The normalized spacial score (nSPS) is 20.6. The maximum absolute atomic E-state index is 12.8. The van der Waals surface area contributed by atoms with E-state index in [-0.39, 0.29) is 11.7 Å². The van der Waals surface area contributed by atoms with E-state index >= 15 is 0 Å². The van der Waals surface area contributed by atoms with Gasteiger partial charge in [-0.2, -0.15) is 0 Å². The smallest absolute Gasteiger partial charge is 0.341 e. The van der Waals surface area contributed by atoms with Gasteiger partial charge in [0.05, 0.1) is 12.6 Å². The van der Waals surface area contributed by atoms with E-state index in [9.17, 15) is 24.6 Å². The van der Waals surface area contributed by atoms with E-state index in [0.29, 0.717) is 25.6 Å². The lowest BCUT2D eigenvalue weighted by Gasteiger charge is -2.38. The van der Waals surface area contributed by atoms with Crippen LogP contribution in [0.4, 0.5) is 0 Å². The topological polar surface area (TPSA) is 109 Å². The Morgan fingerprint density at radius 3 is 2.59 bits per heavy atom. The number of nitrogens with zero attached hydrogens (tertiary/aromatic N) is 2. The predicted molar refractivity (Wildman–Crippen MR) is 97.3 cm³/mol. The maximum atomic E-state index is 12.8. The number of aromatic hydroxyl groups is 1. The molecule has 8 heteroatoms. The van der Waals surface area contributed by atoms with Crippen LogP contribution in [0.25, 0.3) is 0 Å². The SMILES string of the molecule is COCCN1CC(CC2CCCCC2)n2cc(C(=O)O)c(=O)c(O)c2C1=O. The minimum atomic E-state index is -1.41. The summed E-state index contributed by atoms with van der Waals surface area (Å²) >= 11 is 0. The number of aromatic nitrogens is 1. The number of pyridine rings is 1. The van der Waals surface area contributed by atoms with Crippen molar-refractivity contribution < 1.29 is 24.5 Å². The Hall–Kier alpha value is -2.35. The van der Waals surface area contributed by atoms with Crippen molar-refractivity contribution in [2.24, 2.45) is 5.92 Å². The molecule has 148 valence electrons. The molecule has 2 N–H and O–H groups in total. The van der Waals surface area contributed by atoms with Crippen molar-refractivity contribution in [3.05, 3.63) is 27.7 Å². The van der Waals surface area contributed by atoms with Gasteiger partial charge in [0, 0.05) is 26.4 Å². The summed E-state index contributed by atoms with van der Waals surface area (Å²) in [5, 5.41) is 19.6. The largest absolute Gasteiger partial charge is 0.503 e. The third-order valence-electron chi connectivity index (χ3n) is 5.65. The second-order valence-corrected chi connectivity index (χ2v) is 7.42. The molecule has 1 fully saturated rings. The summed E-state index contributed by atoms with van der Waals surface area (Å²) in [5.41, 5.74) is -1.65. The highest BCUT2D eigenvalue weighted by Crippen LogP contribution is 2.35. The quantitative estimate of drug-likeness (QED) is 0.782. The van der Waals surface area contributed by atoms with E-state index in [0.717, 1.165) is 19.3 Å². The molecule has 0 radical (unpaired) electrons. The zero-order chi connectivity index (χ0) is 19.6. The first-order valence-corrected chi connectivity index (χ1v) is 9.43. The lowest BCUT2D eigenvalue weighted by Crippen LogP contribution is -2.46. The van der Waals surface area contributed by atoms with Crippen molar-refractivity contribution in [1.29, 1.82) is 0 Å². The molecule has 0 spiro atoms. The van der Waals surface area contributed by atoms with Crippen LogP contribution in [0.2, 0.25) is 0 Å². The number of carboxylic acids is 1. The summed E-state index contributed by atoms with van der Waals surface area (Å²) < 4.78 is 6.58. The van der Waals surface area contributed by atoms with Crippen LogP contribution in [0.3, 0.4) is 0 Å². The number of fused-ring (bicyclic) bond motifs is 1. The molecule has 1 unspecified atom stereocenters. The van der Waals surface area contributed by atoms with Gasteiger partial charge >= 0.3 is 5.97 Å². The Kier molecular flexibility index (Phi) is 5.84. The molecule has 0 aromatic carbocycles. The summed E-state index contributed by atoms with van der Waals surface area (Å²) in [6, 6.07) is -0.178. The van der Waals surface area contributed by atoms with Gasteiger partial charge in [0.25, 0.3) is 5.91 Å². The molecule has 3 rings (SSSR count). The second kappa shape index (κ2) is 8.12. The molecule has 2 heterocycles. The molecule has 1 saturated carbocycles. The molecule has 2 aliphatic rings. The Morgan fingerprint density at radius 1 is 1.26 bits per heavy atom. The highest BCUT2D eigenvalue weighted by atomic mass is 16.5. The van der Waals surface area contributed by atoms with Crippen LogP contribution < -0.4 is 5.43 Å². The molecule has 1 amide bonds. The maximum Gasteiger partial charge on any atom is 0.341 e. The standard InChI is InChI=1S/C19H26N2O6/c1-27-8-7-20-10-13(9-12-5-3-2-4-6-12)21-11-14(19(25)26)16(22)17(23)15(21)18(20)24/h11-13,23H,2-10H2,1H3,(H,25,26). The van der Waals surface area contributed by atoms with Crippen molar-refractivity contribution in [3.63, 3.8) is 0 Å². The Bertz CT molecular complexity index is 781. The average Bonchev–Trinajstić information content (AvgIpc) is 2.65. The minimum absolute atomic E-state index is 0.117. The van der Waals surface area contributed by atoms with Gasteiger partial charge in [0.15, 0.2) is 11.4 Å². The zero-order valence-electron chi connectivity index (χ0n) is 15.5. The third kappa shape index (κ3) is 3.85. The van der Waals surface area contributed by atoms with Crippen LogP contribution in [-0.2, 0) is 4.74 Å². The molecular formula is C19H26N2O6. The fourth-order valence-corrected chi connectivity index (χ4v) is 4.24. The van der Waals surface area contributed by atoms with Gasteiger partial charge < -0.3 is 24.4 Å². The molecule has 1 aliphatic carbocycles. The number of carbonyl (C=O) groups excluding carboxylic acids is 1. The Balaban J connectivity index is 2.02. The first-order chi connectivity index (χ1) is 12.9. The van der Waals surface area contributed by atoms with Crippen LogP contribution >= 0.6 is 0 Å². The van der Waals surface area contributed by atoms with E-state index < -0.39 is 28.6 Å². The number of carbonyl (C=O) groups is 2. The fourth-order valence-electron chi connectivity index (χ4n) is 4.24. The number of amides is 1. The van der Waals surface area contributed by atoms with Crippen molar-refractivity contribution >= 4 is 11.9 Å². The van der Waals surface area contributed by atoms with Gasteiger partial charge in [-0.3, -0.25) is 9.59 Å². The molecule has 1 aromatic rings. The van der Waals surface area contributed by atoms with Gasteiger partial charge in [-0.05, 0) is 12.3 Å². The summed E-state index contributed by atoms with van der Waals surface area (Å²) in [5.74, 6) is -2.17. The van der Waals surface area contributed by atoms with Crippen LogP contribution in [0.1, 0.15) is 65.4 Å². The number of aromatic carboxylic acids is 1. The number of rotatable bonds is 6. The van der Waals surface area contributed by atoms with Gasteiger partial charge in [0.1, 0.15) is 5.56 Å². The molecule has 1 aliphatic heterocycles. The van der Waals surface area contributed by atoms with Crippen LogP contribution in [0.15, 0.2) is 11.0 Å². The lowest BCUT2D eigenvalue weighted by atomic mass is 9.84. The van der Waals surface area contributed by atoms with E-state index in [4.69, 9.17) is 4.74 Å². The molecule has 0 bridgehead atoms. The molecule has 1 atom stereocenters. The number of ether oxygens (including phenoxy) is 1. The predicted octanol–water partition coefficient (Wildman–Crippen LogP) is 1.87. The van der Waals surface area contributed by atoms with E-state index in [1.165, 1.54) is 30.0 Å². The average molecular weight is 378 g/mol. The monoisotopic (exact) mass is 378 g/mol. The van der Waals surface area contributed by atoms with Crippen LogP contribution in [0, 0.1) is 5.92 Å². The second-order valence-electron chi connectivity index (χ2n) is 7.42. The van der Waals surface area contributed by atoms with Gasteiger partial charge in [0.2, 0.25) is 5.43 Å². The van der Waals surface area contributed by atoms with E-state index in [2.05, 4.69) is 0 Å². The highest BCUT2D eigenvalue weighted by Gasteiger charge is 2.36. The first kappa shape index (κ1) is 19.4. The Morgan fingerprint density at radius 2 is 1.96 bits per heavy atom. The summed E-state index contributed by atoms with van der Waals surface area (Å²) in [6.45, 7) is 1.11. The van der Waals surface area contributed by atoms with Crippen molar-refractivity contribution in [1.82, 2.24) is 9.47 Å². The highest BCUT2D eigenvalue weighted by molar-refractivity contribution is 5.97. The third-order valence-corrected chi connectivity index (χ3v) is 5.65. The van der Waals surface area contributed by atoms with Gasteiger partial charge in [-0.1, -0.05) is 32.1 Å². The van der Waals surface area contributed by atoms with Crippen LogP contribution in [-0.4, -0.2) is 58.4 Å². The van der Waals surface area contributed by atoms with Crippen LogP contribution in [0.5, 0.6) is 5.75 Å². The number of hydrogen-bond donors (Lipinski definition) is 2. The number of methoxy groups -OCH3 is 1. The Labute approximate surface area is 157 Å². The first-order valence-electron chi connectivity index (χ1n) is 9.43. The van der Waals surface area contributed by atoms with E-state index in [1.807, 2.05) is 0 Å². The zero-order valence-corrected chi connectivity index (χ0v) is 15.5. The van der Waals surface area contributed by atoms with Crippen molar-refractivity contribution in [2.45, 2.75) is 44.6 Å². The summed E-state index contributed by atoms with van der Waals surface area (Å²) in [6.07, 6.45) is 7.79. The lowest BCUT2D eigenvalue weighted by molar-refractivity contribution is 0.0565. The van der Waals surface area contributed by atoms with Gasteiger partial charge in [-0.25, -0.2) is 4.79 Å². The molecule has 8 nitrogen and oxygen atoms in total. The summed E-state index contributed by atoms with van der Waals surface area (Å²) in [7, 11) is 1.54. The number of carboxylic acid groups (broad SMARTS) is 1. The van der Waals surface area contributed by atoms with Crippen molar-refractivity contribution in [3.8, 4) is 5.75 Å². The minimum Gasteiger partial charge on any atom is -0.503 e. The summed E-state index contributed by atoms with van der Waals surface area (Å²) in [4.78, 5) is 38.0. The molecule has 1 aromatic heterocycles. The molecule has 0 saturated heterocycles. The molecular weight excluding hydrogens is 352 g/mol. The molecule has 27 heavy (non-hydrogen) atoms. The van der Waals surface area contributed by atoms with Crippen molar-refractivity contribution in [2.75, 3.05) is 26.8 Å².